The van der Waals surface area contributed by atoms with Gasteiger partial charge in [0, 0.05) is 0 Å². The molecule has 4 rings (SSSR count). The maximum absolute atomic E-state index is 13.6. The van der Waals surface area contributed by atoms with Crippen LogP contribution < -0.4 is 14.9 Å². The predicted octanol–water partition coefficient (Wildman–Crippen LogP) is 6.68. The molecular weight excluding hydrogens is 591 g/mol. The molecule has 0 fully saturated rings. The molecule has 218 valence electrons. The Morgan fingerprint density at radius 3 is 2.12 bits per heavy atom. The van der Waals surface area contributed by atoms with Gasteiger partial charge in [-0.05, 0) is 55.0 Å². The van der Waals surface area contributed by atoms with Crippen LogP contribution in [0.4, 0.5) is 24.5 Å². The summed E-state index contributed by atoms with van der Waals surface area (Å²) in [6.07, 6.45) is -4.80. The van der Waals surface area contributed by atoms with Crippen LogP contribution in [0.5, 0.6) is 0 Å². The van der Waals surface area contributed by atoms with Crippen molar-refractivity contribution in [1.29, 1.82) is 0 Å². The van der Waals surface area contributed by atoms with Crippen molar-refractivity contribution >= 4 is 44.8 Å². The van der Waals surface area contributed by atoms with Crippen LogP contribution in [0, 0.1) is 0 Å². The molecule has 0 aliphatic heterocycles. The first-order chi connectivity index (χ1) is 19.9. The zero-order valence-electron chi connectivity index (χ0n) is 22.1. The van der Waals surface area contributed by atoms with E-state index in [1.807, 2.05) is 30.3 Å². The molecule has 4 aromatic carbocycles. The van der Waals surface area contributed by atoms with Crippen LogP contribution in [0.25, 0.3) is 0 Å². The lowest BCUT2D eigenvalue weighted by molar-refractivity contribution is -0.137. The Labute approximate surface area is 246 Å². The summed E-state index contributed by atoms with van der Waals surface area (Å²) in [5, 5.41) is 5.05. The third kappa shape index (κ3) is 7.10. The first-order valence-corrected chi connectivity index (χ1v) is 14.4. The number of rotatable bonds is 9. The van der Waals surface area contributed by atoms with E-state index in [1.54, 1.807) is 25.1 Å². The van der Waals surface area contributed by atoms with E-state index in [9.17, 15) is 31.2 Å². The largest absolute Gasteiger partial charge is 0.416 e. The van der Waals surface area contributed by atoms with Crippen LogP contribution in [0.3, 0.4) is 0 Å². The summed E-state index contributed by atoms with van der Waals surface area (Å²) < 4.78 is 68.3. The van der Waals surface area contributed by atoms with Gasteiger partial charge in [-0.1, -0.05) is 72.3 Å². The number of nitrogens with zero attached hydrogens (tertiary/aromatic N) is 1. The highest BCUT2D eigenvalue weighted by molar-refractivity contribution is 7.92. The van der Waals surface area contributed by atoms with Gasteiger partial charge in [0.25, 0.3) is 15.9 Å². The van der Waals surface area contributed by atoms with Crippen LogP contribution in [0.2, 0.25) is 5.02 Å². The molecule has 1 atom stereocenters. The highest BCUT2D eigenvalue weighted by Crippen LogP contribution is 2.37. The van der Waals surface area contributed by atoms with E-state index in [0.717, 1.165) is 11.6 Å². The summed E-state index contributed by atoms with van der Waals surface area (Å²) in [4.78, 5) is 26.1. The van der Waals surface area contributed by atoms with E-state index in [4.69, 9.17) is 11.6 Å². The fraction of sp³-hybridized carbons (Fsp3) is 0.133. The third-order valence-corrected chi connectivity index (χ3v) is 8.35. The molecule has 0 saturated heterocycles. The fourth-order valence-electron chi connectivity index (χ4n) is 4.11. The lowest BCUT2D eigenvalue weighted by atomic mass is 10.1. The van der Waals surface area contributed by atoms with E-state index < -0.39 is 45.8 Å². The average Bonchev–Trinajstić information content (AvgIpc) is 2.97. The Morgan fingerprint density at radius 1 is 0.881 bits per heavy atom. The van der Waals surface area contributed by atoms with Crippen molar-refractivity contribution in [2.75, 3.05) is 16.2 Å². The number of hydrogen-bond donors (Lipinski definition) is 2. The number of para-hydroxylation sites is 1. The monoisotopic (exact) mass is 615 g/mol. The van der Waals surface area contributed by atoms with Crippen molar-refractivity contribution in [2.45, 2.75) is 24.0 Å². The van der Waals surface area contributed by atoms with E-state index in [0.29, 0.717) is 16.4 Å². The summed E-state index contributed by atoms with van der Waals surface area (Å²) in [5.74, 6) is -1.42. The standard InChI is InChI=1S/C30H25ClF3N3O4S/c1-20(21-10-4-2-5-11-21)35-29(39)24-14-8-9-15-26(24)36-28(38)19-37(42(40,41)23-12-6-3-7-13-23)27-18-22(30(32,33)34)16-17-25(27)31/h2-18,20H,19H2,1H3,(H,35,39)(H,36,38)/t20-/m1/s1. The molecule has 0 aliphatic rings. The van der Waals surface area contributed by atoms with Crippen molar-refractivity contribution in [3.05, 3.63) is 125 Å². The minimum Gasteiger partial charge on any atom is -0.345 e. The number of hydrogen-bond acceptors (Lipinski definition) is 4. The van der Waals surface area contributed by atoms with Gasteiger partial charge < -0.3 is 10.6 Å². The molecule has 2 amide bonds. The number of halogens is 4. The fourth-order valence-corrected chi connectivity index (χ4v) is 5.83. The quantitative estimate of drug-likeness (QED) is 0.219. The third-order valence-electron chi connectivity index (χ3n) is 6.25. The van der Waals surface area contributed by atoms with Crippen LogP contribution in [0.15, 0.2) is 108 Å². The van der Waals surface area contributed by atoms with Crippen molar-refractivity contribution < 1.29 is 31.2 Å². The zero-order chi connectivity index (χ0) is 30.5. The molecule has 0 radical (unpaired) electrons. The minimum absolute atomic E-state index is 0.0764. The lowest BCUT2D eigenvalue weighted by Gasteiger charge is -2.26. The van der Waals surface area contributed by atoms with Crippen molar-refractivity contribution in [3.63, 3.8) is 0 Å². The summed E-state index contributed by atoms with van der Waals surface area (Å²) >= 11 is 6.19. The SMILES string of the molecule is C[C@@H](NC(=O)c1ccccc1NC(=O)CN(c1cc(C(F)(F)F)ccc1Cl)S(=O)(=O)c1ccccc1)c1ccccc1. The van der Waals surface area contributed by atoms with Gasteiger partial charge in [-0.2, -0.15) is 13.2 Å². The topological polar surface area (TPSA) is 95.6 Å². The molecule has 12 heteroatoms. The van der Waals surface area contributed by atoms with Crippen LogP contribution >= 0.6 is 11.6 Å². The van der Waals surface area contributed by atoms with Crippen LogP contribution in [-0.2, 0) is 21.0 Å². The second kappa shape index (κ2) is 12.7. The maximum Gasteiger partial charge on any atom is 0.416 e. The molecule has 0 aliphatic carbocycles. The van der Waals surface area contributed by atoms with Gasteiger partial charge in [-0.3, -0.25) is 13.9 Å². The van der Waals surface area contributed by atoms with Gasteiger partial charge >= 0.3 is 6.18 Å². The summed E-state index contributed by atoms with van der Waals surface area (Å²) in [5.41, 5.74) is -0.652. The molecule has 4 aromatic rings. The summed E-state index contributed by atoms with van der Waals surface area (Å²) in [7, 11) is -4.56. The summed E-state index contributed by atoms with van der Waals surface area (Å²) in [6.45, 7) is 0.855. The molecule has 0 unspecified atom stereocenters. The smallest absolute Gasteiger partial charge is 0.345 e. The Bertz CT molecular complexity index is 1690. The van der Waals surface area contributed by atoms with Gasteiger partial charge in [0.05, 0.1) is 38.5 Å². The van der Waals surface area contributed by atoms with Gasteiger partial charge in [0.2, 0.25) is 5.91 Å². The van der Waals surface area contributed by atoms with E-state index >= 15 is 0 Å². The Kier molecular flexibility index (Phi) is 9.23. The van der Waals surface area contributed by atoms with Crippen LogP contribution in [0.1, 0.15) is 34.5 Å². The second-order valence-corrected chi connectivity index (χ2v) is 11.5. The highest BCUT2D eigenvalue weighted by Gasteiger charge is 2.34. The number of carbonyl (C=O) groups is 2. The molecule has 0 spiro atoms. The minimum atomic E-state index is -4.80. The Morgan fingerprint density at radius 2 is 1.48 bits per heavy atom. The van der Waals surface area contributed by atoms with E-state index in [1.165, 1.54) is 36.4 Å². The molecular formula is C30H25ClF3N3O4S. The first-order valence-electron chi connectivity index (χ1n) is 12.6. The molecule has 2 N–H and O–H groups in total. The number of alkyl halides is 3. The number of benzene rings is 4. The summed E-state index contributed by atoms with van der Waals surface area (Å²) in [6, 6.07) is 24.0. The zero-order valence-corrected chi connectivity index (χ0v) is 23.7. The molecule has 0 aromatic heterocycles. The van der Waals surface area contributed by atoms with Gasteiger partial charge in [0.15, 0.2) is 0 Å². The average molecular weight is 616 g/mol. The number of nitrogens with one attached hydrogen (secondary N) is 2. The number of carbonyl (C=O) groups excluding carboxylic acids is 2. The van der Waals surface area contributed by atoms with Gasteiger partial charge in [0.1, 0.15) is 6.54 Å². The number of sulfonamides is 1. The van der Waals surface area contributed by atoms with Crippen molar-refractivity contribution in [1.82, 2.24) is 5.32 Å². The first kappa shape index (κ1) is 30.6. The molecule has 7 nitrogen and oxygen atoms in total. The highest BCUT2D eigenvalue weighted by atomic mass is 35.5. The molecule has 42 heavy (non-hydrogen) atoms. The van der Waals surface area contributed by atoms with Gasteiger partial charge in [-0.15, -0.1) is 0 Å². The van der Waals surface area contributed by atoms with Gasteiger partial charge in [-0.25, -0.2) is 8.42 Å². The lowest BCUT2D eigenvalue weighted by Crippen LogP contribution is -2.39. The van der Waals surface area contributed by atoms with E-state index in [2.05, 4.69) is 10.6 Å². The Balaban J connectivity index is 1.65. The maximum atomic E-state index is 13.6. The number of amides is 2. The predicted molar refractivity (Wildman–Crippen MR) is 155 cm³/mol. The normalized spacial score (nSPS) is 12.3. The molecule has 0 bridgehead atoms. The van der Waals surface area contributed by atoms with Crippen molar-refractivity contribution in [3.8, 4) is 0 Å². The van der Waals surface area contributed by atoms with Crippen molar-refractivity contribution in [2.24, 2.45) is 0 Å². The molecule has 0 saturated carbocycles. The van der Waals surface area contributed by atoms with Crippen LogP contribution in [-0.4, -0.2) is 26.8 Å². The molecule has 0 heterocycles. The Hall–Kier alpha value is -4.35. The second-order valence-electron chi connectivity index (χ2n) is 9.19. The van der Waals surface area contributed by atoms with E-state index in [-0.39, 0.29) is 27.2 Å². The number of anilines is 2.